The van der Waals surface area contributed by atoms with Gasteiger partial charge in [-0.05, 0) is 0 Å². The van der Waals surface area contributed by atoms with Gasteiger partial charge in [0.1, 0.15) is 0 Å². The molecule has 0 bridgehead atoms. The lowest BCUT2D eigenvalue weighted by atomic mass is 10.7. The van der Waals surface area contributed by atoms with Crippen LogP contribution in [-0.2, 0) is 28.6 Å². The molecule has 0 aromatic carbocycles. The molecule has 0 rings (SSSR count). The van der Waals surface area contributed by atoms with Crippen molar-refractivity contribution in [3.05, 3.63) is 12.7 Å². The van der Waals surface area contributed by atoms with E-state index in [2.05, 4.69) is 20.2 Å². The van der Waals surface area contributed by atoms with Gasteiger partial charge in [-0.3, -0.25) is 4.18 Å². The largest absolute Gasteiger partial charge is 0.435 e. The van der Waals surface area contributed by atoms with Gasteiger partial charge in [-0.2, -0.15) is 8.42 Å². The molecular weight excluding hydrogens is 200 g/mol. The van der Waals surface area contributed by atoms with Crippen molar-refractivity contribution in [2.24, 2.45) is 0 Å². The quantitative estimate of drug-likeness (QED) is 0.195. The molecule has 0 atom stereocenters. The molecule has 0 amide bonds. The van der Waals surface area contributed by atoms with Gasteiger partial charge in [0, 0.05) is 6.08 Å². The Kier molecular flexibility index (Phi) is 5.28. The standard InChI is InChI=1S/C6H10O6S/c1-3-6(7)12-4-11-5-13(8,9)10-2/h3H,1,4-5H2,2H3. The second-order valence-electron chi connectivity index (χ2n) is 1.83. The summed E-state index contributed by atoms with van der Waals surface area (Å²) in [6.45, 7) is 2.68. The lowest BCUT2D eigenvalue weighted by molar-refractivity contribution is -0.148. The van der Waals surface area contributed by atoms with Crippen LogP contribution in [0.4, 0.5) is 0 Å². The predicted molar refractivity (Wildman–Crippen MR) is 43.0 cm³/mol. The highest BCUT2D eigenvalue weighted by Gasteiger charge is 2.08. The molecule has 0 fully saturated rings. The summed E-state index contributed by atoms with van der Waals surface area (Å²) in [4.78, 5) is 10.4. The molecule has 0 aliphatic rings. The second kappa shape index (κ2) is 5.68. The number of hydrogen-bond donors (Lipinski definition) is 0. The highest BCUT2D eigenvalue weighted by atomic mass is 32.2. The van der Waals surface area contributed by atoms with Crippen molar-refractivity contribution in [1.29, 1.82) is 0 Å². The van der Waals surface area contributed by atoms with Gasteiger partial charge in [-0.1, -0.05) is 6.58 Å². The Labute approximate surface area is 76.2 Å². The number of hydrogen-bond acceptors (Lipinski definition) is 6. The van der Waals surface area contributed by atoms with E-state index < -0.39 is 28.8 Å². The molecule has 0 aliphatic carbocycles. The van der Waals surface area contributed by atoms with Gasteiger partial charge in [0.25, 0.3) is 10.1 Å². The van der Waals surface area contributed by atoms with Crippen LogP contribution in [0.25, 0.3) is 0 Å². The lowest BCUT2D eigenvalue weighted by Crippen LogP contribution is -2.14. The van der Waals surface area contributed by atoms with Gasteiger partial charge >= 0.3 is 5.97 Å². The monoisotopic (exact) mass is 210 g/mol. The zero-order chi connectivity index (χ0) is 10.3. The highest BCUT2D eigenvalue weighted by molar-refractivity contribution is 7.86. The van der Waals surface area contributed by atoms with Crippen LogP contribution < -0.4 is 0 Å². The van der Waals surface area contributed by atoms with Crippen LogP contribution >= 0.6 is 0 Å². The Bertz CT molecular complexity index is 267. The normalized spacial score (nSPS) is 10.8. The summed E-state index contributed by atoms with van der Waals surface area (Å²) < 4.78 is 34.1. The third-order valence-electron chi connectivity index (χ3n) is 0.933. The van der Waals surface area contributed by atoms with Gasteiger partial charge < -0.3 is 9.47 Å². The average molecular weight is 210 g/mol. The topological polar surface area (TPSA) is 78.9 Å². The molecule has 0 saturated heterocycles. The summed E-state index contributed by atoms with van der Waals surface area (Å²) >= 11 is 0. The molecule has 0 saturated carbocycles. The van der Waals surface area contributed by atoms with Gasteiger partial charge in [0.15, 0.2) is 12.7 Å². The minimum absolute atomic E-state index is 0.451. The predicted octanol–water partition coefficient (Wildman–Crippen LogP) is -0.377. The molecule has 76 valence electrons. The Morgan fingerprint density at radius 1 is 1.54 bits per heavy atom. The molecule has 6 nitrogen and oxygen atoms in total. The van der Waals surface area contributed by atoms with E-state index in [9.17, 15) is 13.2 Å². The van der Waals surface area contributed by atoms with E-state index in [0.717, 1.165) is 13.2 Å². The number of esters is 1. The molecular formula is C6H10O6S. The fourth-order valence-electron chi connectivity index (χ4n) is 0.343. The van der Waals surface area contributed by atoms with Crippen molar-refractivity contribution in [1.82, 2.24) is 0 Å². The van der Waals surface area contributed by atoms with Crippen molar-refractivity contribution < 1.29 is 26.9 Å². The molecule has 7 heteroatoms. The third kappa shape index (κ3) is 6.26. The van der Waals surface area contributed by atoms with E-state index in [1.54, 1.807) is 0 Å². The zero-order valence-electron chi connectivity index (χ0n) is 7.06. The maximum atomic E-state index is 10.6. The molecule has 0 heterocycles. The minimum Gasteiger partial charge on any atom is -0.435 e. The van der Waals surface area contributed by atoms with E-state index in [1.165, 1.54) is 0 Å². The first-order valence-corrected chi connectivity index (χ1v) is 4.75. The molecule has 0 radical (unpaired) electrons. The number of carbonyl (C=O) groups is 1. The van der Waals surface area contributed by atoms with Gasteiger partial charge in [-0.15, -0.1) is 0 Å². The Balaban J connectivity index is 3.58. The molecule has 0 unspecified atom stereocenters. The zero-order valence-corrected chi connectivity index (χ0v) is 7.87. The Hall–Kier alpha value is -0.920. The van der Waals surface area contributed by atoms with E-state index in [1.807, 2.05) is 0 Å². The number of rotatable bonds is 6. The molecule has 0 spiro atoms. The average Bonchev–Trinajstić information content (AvgIpc) is 2.12. The second-order valence-corrected chi connectivity index (χ2v) is 3.52. The molecule has 0 N–H and O–H groups in total. The summed E-state index contributed by atoms with van der Waals surface area (Å²) in [7, 11) is -2.66. The SMILES string of the molecule is C=CC(=O)OCOCS(=O)(=O)OC. The maximum Gasteiger partial charge on any atom is 0.332 e. The van der Waals surface area contributed by atoms with E-state index >= 15 is 0 Å². The van der Waals surface area contributed by atoms with Crippen molar-refractivity contribution in [3.8, 4) is 0 Å². The summed E-state index contributed by atoms with van der Waals surface area (Å²) in [6, 6.07) is 0. The Morgan fingerprint density at radius 2 is 2.15 bits per heavy atom. The van der Waals surface area contributed by atoms with E-state index in [0.29, 0.717) is 0 Å². The summed E-state index contributed by atoms with van der Waals surface area (Å²) in [5.74, 6) is -1.34. The lowest BCUT2D eigenvalue weighted by Gasteiger charge is -2.03. The van der Waals surface area contributed by atoms with Crippen molar-refractivity contribution in [2.75, 3.05) is 19.8 Å². The van der Waals surface area contributed by atoms with Crippen LogP contribution in [0, 0.1) is 0 Å². The number of carbonyl (C=O) groups excluding carboxylic acids is 1. The first kappa shape index (κ1) is 12.1. The van der Waals surface area contributed by atoms with Gasteiger partial charge in [0.05, 0.1) is 7.11 Å². The summed E-state index contributed by atoms with van der Waals surface area (Å²) in [6.07, 6.45) is 0.939. The summed E-state index contributed by atoms with van der Waals surface area (Å²) in [5, 5.41) is 0. The number of ether oxygens (including phenoxy) is 2. The van der Waals surface area contributed by atoms with Crippen molar-refractivity contribution >= 4 is 16.1 Å². The van der Waals surface area contributed by atoms with Crippen LogP contribution in [0.2, 0.25) is 0 Å². The third-order valence-corrected chi connectivity index (χ3v) is 1.90. The fourth-order valence-corrected chi connectivity index (χ4v) is 0.711. The maximum absolute atomic E-state index is 10.6. The van der Waals surface area contributed by atoms with Crippen molar-refractivity contribution in [3.63, 3.8) is 0 Å². The molecule has 0 aliphatic heterocycles. The van der Waals surface area contributed by atoms with Crippen LogP contribution in [0.1, 0.15) is 0 Å². The molecule has 0 aromatic rings. The first-order chi connectivity index (χ1) is 6.02. The van der Waals surface area contributed by atoms with Gasteiger partial charge in [0.2, 0.25) is 0 Å². The minimum atomic E-state index is -3.66. The first-order valence-electron chi connectivity index (χ1n) is 3.17. The molecule has 13 heavy (non-hydrogen) atoms. The van der Waals surface area contributed by atoms with Crippen LogP contribution in [0.15, 0.2) is 12.7 Å². The summed E-state index contributed by atoms with van der Waals surface area (Å²) in [5.41, 5.74) is 0. The van der Waals surface area contributed by atoms with Crippen LogP contribution in [-0.4, -0.2) is 34.2 Å². The molecule has 0 aromatic heterocycles. The van der Waals surface area contributed by atoms with E-state index in [-0.39, 0.29) is 0 Å². The van der Waals surface area contributed by atoms with Crippen LogP contribution in [0.3, 0.4) is 0 Å². The van der Waals surface area contributed by atoms with Gasteiger partial charge in [-0.25, -0.2) is 4.79 Å². The smallest absolute Gasteiger partial charge is 0.332 e. The van der Waals surface area contributed by atoms with Crippen LogP contribution in [0.5, 0.6) is 0 Å². The van der Waals surface area contributed by atoms with E-state index in [4.69, 9.17) is 0 Å². The highest BCUT2D eigenvalue weighted by Crippen LogP contribution is 1.91. The van der Waals surface area contributed by atoms with Crippen molar-refractivity contribution in [2.45, 2.75) is 0 Å². The Morgan fingerprint density at radius 3 is 2.62 bits per heavy atom. The fraction of sp³-hybridized carbons (Fsp3) is 0.500.